The second-order valence-electron chi connectivity index (χ2n) is 6.59. The van der Waals surface area contributed by atoms with Crippen LogP contribution in [0, 0.1) is 11.3 Å². The van der Waals surface area contributed by atoms with E-state index in [2.05, 4.69) is 35.7 Å². The fourth-order valence-electron chi connectivity index (χ4n) is 4.04. The number of hydrogen-bond donors (Lipinski definition) is 2. The summed E-state index contributed by atoms with van der Waals surface area (Å²) in [6.07, 6.45) is 0. The van der Waals surface area contributed by atoms with Crippen LogP contribution in [0.15, 0.2) is 48.5 Å². The maximum atomic E-state index is 12.0. The largest absolute Gasteiger partial charge is 0.394 e. The number of fused-ring (bicyclic) bond motifs is 1. The zero-order valence-corrected chi connectivity index (χ0v) is 13.7. The second-order valence-corrected chi connectivity index (χ2v) is 6.59. The van der Waals surface area contributed by atoms with Crippen LogP contribution in [-0.2, 0) is 4.79 Å². The molecule has 5 nitrogen and oxygen atoms in total. The summed E-state index contributed by atoms with van der Waals surface area (Å²) in [7, 11) is 0. The van der Waals surface area contributed by atoms with Gasteiger partial charge in [0.25, 0.3) is 0 Å². The van der Waals surface area contributed by atoms with Gasteiger partial charge in [-0.15, -0.1) is 0 Å². The Hall–Kier alpha value is -2.68. The van der Waals surface area contributed by atoms with E-state index in [1.807, 2.05) is 29.2 Å². The van der Waals surface area contributed by atoms with Crippen molar-refractivity contribution in [1.82, 2.24) is 10.2 Å². The Balaban J connectivity index is 1.57. The number of benzene rings is 2. The monoisotopic (exact) mass is 333 g/mol. The first-order chi connectivity index (χ1) is 12.2. The Morgan fingerprint density at radius 3 is 2.36 bits per heavy atom. The summed E-state index contributed by atoms with van der Waals surface area (Å²) in [4.78, 5) is 13.9. The molecule has 2 aliphatic heterocycles. The minimum absolute atomic E-state index is 0.00964. The first-order valence-electron chi connectivity index (χ1n) is 8.46. The minimum atomic E-state index is -0.125. The molecule has 25 heavy (non-hydrogen) atoms. The Morgan fingerprint density at radius 2 is 1.76 bits per heavy atom. The number of nitrogens with one attached hydrogen (secondary N) is 1. The Kier molecular flexibility index (Phi) is 4.00. The first-order valence-corrected chi connectivity index (χ1v) is 8.46. The van der Waals surface area contributed by atoms with Gasteiger partial charge in [-0.2, -0.15) is 5.26 Å². The predicted octanol–water partition coefficient (Wildman–Crippen LogP) is 1.48. The van der Waals surface area contributed by atoms with E-state index in [-0.39, 0.29) is 30.5 Å². The number of rotatable bonds is 3. The SMILES string of the molecule is N#Cc1ccc(-c2ccc([C@@H]3[C@H]4CNCC(=O)N4[C@H]3CO)cc2)cc1. The van der Waals surface area contributed by atoms with Crippen molar-refractivity contribution in [2.75, 3.05) is 19.7 Å². The zero-order valence-electron chi connectivity index (χ0n) is 13.7. The summed E-state index contributed by atoms with van der Waals surface area (Å²) in [5, 5.41) is 21.8. The molecule has 2 aromatic rings. The van der Waals surface area contributed by atoms with Crippen LogP contribution in [0.5, 0.6) is 0 Å². The van der Waals surface area contributed by atoms with Crippen molar-refractivity contribution in [3.05, 3.63) is 59.7 Å². The summed E-state index contributed by atoms with van der Waals surface area (Å²) in [6, 6.07) is 17.9. The van der Waals surface area contributed by atoms with E-state index in [0.29, 0.717) is 12.1 Å². The molecule has 0 unspecified atom stereocenters. The molecule has 5 heteroatoms. The third-order valence-corrected chi connectivity index (χ3v) is 5.29. The molecule has 2 aliphatic rings. The second kappa shape index (κ2) is 6.32. The van der Waals surface area contributed by atoms with Crippen LogP contribution < -0.4 is 5.32 Å². The van der Waals surface area contributed by atoms with Crippen molar-refractivity contribution in [1.29, 1.82) is 5.26 Å². The van der Waals surface area contributed by atoms with Gasteiger partial charge in [-0.25, -0.2) is 0 Å². The van der Waals surface area contributed by atoms with Crippen LogP contribution in [0.2, 0.25) is 0 Å². The van der Waals surface area contributed by atoms with Crippen LogP contribution in [0.25, 0.3) is 11.1 Å². The fourth-order valence-corrected chi connectivity index (χ4v) is 4.04. The molecule has 2 saturated heterocycles. The van der Waals surface area contributed by atoms with Gasteiger partial charge in [-0.05, 0) is 28.8 Å². The van der Waals surface area contributed by atoms with Crippen LogP contribution in [0.3, 0.4) is 0 Å². The number of carbonyl (C=O) groups excluding carboxylic acids is 1. The quantitative estimate of drug-likeness (QED) is 0.892. The number of piperazine rings is 1. The van der Waals surface area contributed by atoms with Gasteiger partial charge in [-0.1, -0.05) is 36.4 Å². The molecule has 0 saturated carbocycles. The lowest BCUT2D eigenvalue weighted by Crippen LogP contribution is -2.72. The number of carbonyl (C=O) groups is 1. The van der Waals surface area contributed by atoms with E-state index in [0.717, 1.165) is 23.2 Å². The van der Waals surface area contributed by atoms with Gasteiger partial charge in [0.05, 0.1) is 36.9 Å². The molecule has 126 valence electrons. The summed E-state index contributed by atoms with van der Waals surface area (Å²) >= 11 is 0. The molecule has 0 aliphatic carbocycles. The molecule has 2 heterocycles. The summed E-state index contributed by atoms with van der Waals surface area (Å²) in [6.45, 7) is 1.12. The van der Waals surface area contributed by atoms with Gasteiger partial charge in [0.15, 0.2) is 0 Å². The van der Waals surface area contributed by atoms with E-state index in [1.165, 1.54) is 0 Å². The highest BCUT2D eigenvalue weighted by molar-refractivity contribution is 5.81. The third kappa shape index (κ3) is 2.60. The van der Waals surface area contributed by atoms with Crippen LogP contribution in [0.1, 0.15) is 17.0 Å². The van der Waals surface area contributed by atoms with Crippen LogP contribution in [0.4, 0.5) is 0 Å². The molecule has 1 amide bonds. The lowest BCUT2D eigenvalue weighted by atomic mass is 9.74. The van der Waals surface area contributed by atoms with Gasteiger partial charge < -0.3 is 15.3 Å². The summed E-state index contributed by atoms with van der Waals surface area (Å²) in [5.41, 5.74) is 3.95. The normalized spacial score (nSPS) is 25.0. The number of aliphatic hydroxyl groups is 1. The molecule has 0 aromatic heterocycles. The summed E-state index contributed by atoms with van der Waals surface area (Å²) in [5.74, 6) is 0.234. The number of aliphatic hydroxyl groups excluding tert-OH is 1. The van der Waals surface area contributed by atoms with Gasteiger partial charge in [0.1, 0.15) is 0 Å². The standard InChI is InChI=1S/C20H19N3O2/c21-9-13-1-3-14(4-2-13)15-5-7-16(8-6-15)20-17-10-22-11-19(25)23(17)18(20)12-24/h1-8,17-18,20,22,24H,10-12H2/t17-,18+,20-/m1/s1. The molecule has 4 rings (SSSR count). The topological polar surface area (TPSA) is 76.4 Å². The van der Waals surface area contributed by atoms with E-state index >= 15 is 0 Å². The number of nitriles is 1. The first kappa shape index (κ1) is 15.8. The van der Waals surface area contributed by atoms with E-state index < -0.39 is 0 Å². The Labute approximate surface area is 146 Å². The fraction of sp³-hybridized carbons (Fsp3) is 0.300. The molecular weight excluding hydrogens is 314 g/mol. The van der Waals surface area contributed by atoms with Gasteiger partial charge in [-0.3, -0.25) is 4.79 Å². The number of hydrogen-bond acceptors (Lipinski definition) is 4. The maximum Gasteiger partial charge on any atom is 0.237 e. The van der Waals surface area contributed by atoms with E-state index in [4.69, 9.17) is 5.26 Å². The molecule has 0 bridgehead atoms. The molecule has 0 spiro atoms. The van der Waals surface area contributed by atoms with Gasteiger partial charge >= 0.3 is 0 Å². The van der Waals surface area contributed by atoms with Gasteiger partial charge in [0, 0.05) is 12.5 Å². The van der Waals surface area contributed by atoms with E-state index in [9.17, 15) is 9.90 Å². The zero-order chi connectivity index (χ0) is 17.4. The minimum Gasteiger partial charge on any atom is -0.394 e. The van der Waals surface area contributed by atoms with Crippen molar-refractivity contribution in [2.24, 2.45) is 0 Å². The van der Waals surface area contributed by atoms with E-state index in [1.54, 1.807) is 0 Å². The highest BCUT2D eigenvalue weighted by Gasteiger charge is 2.52. The van der Waals surface area contributed by atoms with Crippen molar-refractivity contribution in [3.8, 4) is 17.2 Å². The predicted molar refractivity (Wildman–Crippen MR) is 93.7 cm³/mol. The van der Waals surface area contributed by atoms with Gasteiger partial charge in [0.2, 0.25) is 5.91 Å². The smallest absolute Gasteiger partial charge is 0.237 e. The molecule has 3 atom stereocenters. The van der Waals surface area contributed by atoms with Crippen molar-refractivity contribution in [2.45, 2.75) is 18.0 Å². The lowest BCUT2D eigenvalue weighted by Gasteiger charge is -2.57. The van der Waals surface area contributed by atoms with Crippen LogP contribution in [-0.4, -0.2) is 47.7 Å². The van der Waals surface area contributed by atoms with Crippen molar-refractivity contribution in [3.63, 3.8) is 0 Å². The maximum absolute atomic E-state index is 12.0. The number of amides is 1. The molecule has 2 N–H and O–H groups in total. The third-order valence-electron chi connectivity index (χ3n) is 5.29. The average Bonchev–Trinajstić information content (AvgIpc) is 2.64. The average molecular weight is 333 g/mol. The number of nitrogens with zero attached hydrogens (tertiary/aromatic N) is 2. The molecule has 2 fully saturated rings. The molecular formula is C20H19N3O2. The highest BCUT2D eigenvalue weighted by atomic mass is 16.3. The Morgan fingerprint density at radius 1 is 1.12 bits per heavy atom. The lowest BCUT2D eigenvalue weighted by molar-refractivity contribution is -0.153. The van der Waals surface area contributed by atoms with Crippen molar-refractivity contribution < 1.29 is 9.90 Å². The molecule has 2 aromatic carbocycles. The van der Waals surface area contributed by atoms with Crippen molar-refractivity contribution >= 4 is 5.91 Å². The Bertz CT molecular complexity index is 818. The highest BCUT2D eigenvalue weighted by Crippen LogP contribution is 2.41. The molecule has 0 radical (unpaired) electrons. The van der Waals surface area contributed by atoms with Crippen LogP contribution >= 0.6 is 0 Å². The summed E-state index contributed by atoms with van der Waals surface area (Å²) < 4.78 is 0.